The zero-order valence-corrected chi connectivity index (χ0v) is 11.1. The Morgan fingerprint density at radius 2 is 2.06 bits per heavy atom. The zero-order chi connectivity index (χ0) is 13.0. The van der Waals surface area contributed by atoms with E-state index in [1.807, 2.05) is 0 Å². The van der Waals surface area contributed by atoms with Crippen LogP contribution in [-0.2, 0) is 6.54 Å². The number of aliphatic hydroxyl groups is 1. The number of carbonyl (C=O) groups excluding carboxylic acids is 1. The minimum atomic E-state index is -1.16. The summed E-state index contributed by atoms with van der Waals surface area (Å²) in [6, 6.07) is 0. The van der Waals surface area contributed by atoms with Crippen molar-refractivity contribution in [3.63, 3.8) is 0 Å². The first-order chi connectivity index (χ1) is 8.65. The van der Waals surface area contributed by atoms with Gasteiger partial charge in [-0.1, -0.05) is 32.6 Å². The molecule has 2 rings (SSSR count). The monoisotopic (exact) mass is 250 g/mol. The topological polar surface area (TPSA) is 55.1 Å². The summed E-state index contributed by atoms with van der Waals surface area (Å²) in [5, 5.41) is 14.7. The number of aryl methyl sites for hydroxylation is 1. The summed E-state index contributed by atoms with van der Waals surface area (Å²) in [5.41, 5.74) is -0.607. The molecule has 4 heteroatoms. The molecule has 0 unspecified atom stereocenters. The van der Waals surface area contributed by atoms with E-state index in [-0.39, 0.29) is 5.78 Å². The van der Waals surface area contributed by atoms with Crippen LogP contribution in [0.1, 0.15) is 62.2 Å². The first-order valence-electron chi connectivity index (χ1n) is 6.95. The minimum Gasteiger partial charge on any atom is -0.382 e. The van der Waals surface area contributed by atoms with Crippen LogP contribution in [0.5, 0.6) is 0 Å². The van der Waals surface area contributed by atoms with Gasteiger partial charge in [0.25, 0.3) is 0 Å². The van der Waals surface area contributed by atoms with Crippen LogP contribution in [0.15, 0.2) is 12.4 Å². The molecule has 0 amide bonds. The van der Waals surface area contributed by atoms with Crippen LogP contribution in [-0.4, -0.2) is 26.3 Å². The number of ketones is 1. The van der Waals surface area contributed by atoms with Crippen molar-refractivity contribution < 1.29 is 9.90 Å². The van der Waals surface area contributed by atoms with Gasteiger partial charge in [0, 0.05) is 12.7 Å². The summed E-state index contributed by atoms with van der Waals surface area (Å²) in [5.74, 6) is -0.147. The van der Waals surface area contributed by atoms with Crippen LogP contribution in [0.3, 0.4) is 0 Å². The van der Waals surface area contributed by atoms with Gasteiger partial charge in [0.15, 0.2) is 5.78 Å². The molecule has 18 heavy (non-hydrogen) atoms. The van der Waals surface area contributed by atoms with E-state index in [1.165, 1.54) is 0 Å². The molecule has 0 saturated heterocycles. The Bertz CT molecular complexity index is 404. The van der Waals surface area contributed by atoms with Gasteiger partial charge in [-0.05, 0) is 19.3 Å². The molecule has 4 nitrogen and oxygen atoms in total. The van der Waals surface area contributed by atoms with Gasteiger partial charge in [-0.25, -0.2) is 0 Å². The summed E-state index contributed by atoms with van der Waals surface area (Å²) in [4.78, 5) is 12.4. The van der Waals surface area contributed by atoms with Crippen molar-refractivity contribution >= 4 is 5.78 Å². The van der Waals surface area contributed by atoms with Gasteiger partial charge in [-0.15, -0.1) is 0 Å². The van der Waals surface area contributed by atoms with E-state index in [1.54, 1.807) is 17.1 Å². The molecule has 1 aliphatic carbocycles. The van der Waals surface area contributed by atoms with Crippen LogP contribution in [0.25, 0.3) is 0 Å². The first kappa shape index (κ1) is 13.3. The van der Waals surface area contributed by atoms with Gasteiger partial charge < -0.3 is 5.11 Å². The summed E-state index contributed by atoms with van der Waals surface area (Å²) in [6.07, 6.45) is 9.61. The van der Waals surface area contributed by atoms with E-state index in [9.17, 15) is 9.90 Å². The average molecular weight is 250 g/mol. The molecule has 0 aromatic carbocycles. The van der Waals surface area contributed by atoms with Gasteiger partial charge >= 0.3 is 0 Å². The highest BCUT2D eigenvalue weighted by atomic mass is 16.3. The van der Waals surface area contributed by atoms with E-state index in [0.717, 1.165) is 38.6 Å². The third kappa shape index (κ3) is 2.80. The van der Waals surface area contributed by atoms with Crippen molar-refractivity contribution in [2.75, 3.05) is 0 Å². The number of aromatic nitrogens is 2. The molecule has 0 aliphatic heterocycles. The second-order valence-electron chi connectivity index (χ2n) is 5.27. The van der Waals surface area contributed by atoms with E-state index in [0.29, 0.717) is 18.4 Å². The summed E-state index contributed by atoms with van der Waals surface area (Å²) in [6.45, 7) is 2.88. The van der Waals surface area contributed by atoms with Crippen LogP contribution in [0.2, 0.25) is 0 Å². The normalized spacial score (nSPS) is 19.4. The van der Waals surface area contributed by atoms with Crippen molar-refractivity contribution in [3.05, 3.63) is 18.0 Å². The highest BCUT2D eigenvalue weighted by molar-refractivity contribution is 6.01. The molecule has 0 spiro atoms. The third-order valence-corrected chi connectivity index (χ3v) is 3.70. The highest BCUT2D eigenvalue weighted by Crippen LogP contribution is 2.30. The largest absolute Gasteiger partial charge is 0.382 e. The predicted molar refractivity (Wildman–Crippen MR) is 69.5 cm³/mol. The molecular weight excluding hydrogens is 228 g/mol. The van der Waals surface area contributed by atoms with E-state index < -0.39 is 5.60 Å². The lowest BCUT2D eigenvalue weighted by Gasteiger charge is -2.24. The fraction of sp³-hybridized carbons (Fsp3) is 0.714. The van der Waals surface area contributed by atoms with Crippen LogP contribution in [0, 0.1) is 0 Å². The third-order valence-electron chi connectivity index (χ3n) is 3.70. The van der Waals surface area contributed by atoms with Crippen molar-refractivity contribution in [1.29, 1.82) is 0 Å². The summed E-state index contributed by atoms with van der Waals surface area (Å²) >= 11 is 0. The SMILES string of the molecule is CCCn1cc(C(=O)C2(O)CCCCCC2)cn1. The number of carbonyl (C=O) groups is 1. The van der Waals surface area contributed by atoms with Crippen molar-refractivity contribution in [2.45, 2.75) is 64.0 Å². The number of hydrogen-bond donors (Lipinski definition) is 1. The van der Waals surface area contributed by atoms with Crippen molar-refractivity contribution in [3.8, 4) is 0 Å². The predicted octanol–water partition coefficient (Wildman–Crippen LogP) is 2.56. The van der Waals surface area contributed by atoms with Gasteiger partial charge in [-0.2, -0.15) is 5.10 Å². The lowest BCUT2D eigenvalue weighted by Crippen LogP contribution is -2.37. The molecule has 0 atom stereocenters. The van der Waals surface area contributed by atoms with Crippen LogP contribution < -0.4 is 0 Å². The fourth-order valence-corrected chi connectivity index (χ4v) is 2.64. The molecule has 1 heterocycles. The minimum absolute atomic E-state index is 0.147. The van der Waals surface area contributed by atoms with Gasteiger partial charge in [0.2, 0.25) is 0 Å². The Labute approximate surface area is 108 Å². The van der Waals surface area contributed by atoms with Gasteiger partial charge in [0.05, 0.1) is 11.8 Å². The molecule has 0 radical (unpaired) electrons. The second kappa shape index (κ2) is 5.65. The standard InChI is InChI=1S/C14H22N2O2/c1-2-9-16-11-12(10-15-16)13(17)14(18)7-5-3-4-6-8-14/h10-11,18H,2-9H2,1H3. The maximum absolute atomic E-state index is 12.4. The number of nitrogens with zero attached hydrogens (tertiary/aromatic N) is 2. The van der Waals surface area contributed by atoms with Crippen molar-refractivity contribution in [2.24, 2.45) is 0 Å². The van der Waals surface area contributed by atoms with E-state index in [2.05, 4.69) is 12.0 Å². The quantitative estimate of drug-likeness (QED) is 0.660. The van der Waals surface area contributed by atoms with E-state index in [4.69, 9.17) is 0 Å². The second-order valence-corrected chi connectivity index (χ2v) is 5.27. The van der Waals surface area contributed by atoms with Gasteiger partial charge in [-0.3, -0.25) is 9.48 Å². The molecule has 0 bridgehead atoms. The Morgan fingerprint density at radius 3 is 2.67 bits per heavy atom. The molecular formula is C14H22N2O2. The van der Waals surface area contributed by atoms with E-state index >= 15 is 0 Å². The maximum Gasteiger partial charge on any atom is 0.197 e. The molecule has 1 saturated carbocycles. The van der Waals surface area contributed by atoms with Crippen LogP contribution in [0.4, 0.5) is 0 Å². The molecule has 1 fully saturated rings. The smallest absolute Gasteiger partial charge is 0.197 e. The summed E-state index contributed by atoms with van der Waals surface area (Å²) in [7, 11) is 0. The Kier molecular flexibility index (Phi) is 4.17. The molecule has 1 N–H and O–H groups in total. The van der Waals surface area contributed by atoms with Crippen LogP contribution >= 0.6 is 0 Å². The molecule has 1 aromatic rings. The van der Waals surface area contributed by atoms with Crippen molar-refractivity contribution in [1.82, 2.24) is 9.78 Å². The zero-order valence-electron chi connectivity index (χ0n) is 11.1. The summed E-state index contributed by atoms with van der Waals surface area (Å²) < 4.78 is 1.77. The number of Topliss-reactive ketones (excluding diaryl/α,β-unsaturated/α-hetero) is 1. The lowest BCUT2D eigenvalue weighted by molar-refractivity contribution is 0.0238. The Balaban J connectivity index is 2.12. The number of rotatable bonds is 4. The molecule has 1 aliphatic rings. The number of hydrogen-bond acceptors (Lipinski definition) is 3. The van der Waals surface area contributed by atoms with Gasteiger partial charge in [0.1, 0.15) is 5.60 Å². The molecule has 1 aromatic heterocycles. The fourth-order valence-electron chi connectivity index (χ4n) is 2.64. The Morgan fingerprint density at radius 1 is 1.39 bits per heavy atom. The maximum atomic E-state index is 12.4. The lowest BCUT2D eigenvalue weighted by atomic mass is 9.87. The molecule has 100 valence electrons. The first-order valence-corrected chi connectivity index (χ1v) is 6.95. The Hall–Kier alpha value is -1.16. The highest BCUT2D eigenvalue weighted by Gasteiger charge is 2.37. The average Bonchev–Trinajstić information content (AvgIpc) is 2.70.